The van der Waals surface area contributed by atoms with Gasteiger partial charge in [0.25, 0.3) is 0 Å². The molecule has 1 aromatic heterocycles. The Labute approximate surface area is 72.8 Å². The van der Waals surface area contributed by atoms with E-state index in [1.807, 2.05) is 7.05 Å². The minimum atomic E-state index is 0.629. The lowest BCUT2D eigenvalue weighted by Crippen LogP contribution is -2.22. The minimum Gasteiger partial charge on any atom is -0.382 e. The third-order valence-electron chi connectivity index (χ3n) is 1.70. The molecule has 0 amide bonds. The average molecular weight is 168 g/mol. The Hall–Kier alpha value is -1.19. The first-order valence-electron chi connectivity index (χ1n) is 4.11. The van der Waals surface area contributed by atoms with Gasteiger partial charge in [-0.3, -0.25) is 5.10 Å². The minimum absolute atomic E-state index is 0.629. The van der Waals surface area contributed by atoms with Crippen LogP contribution in [-0.4, -0.2) is 23.8 Å². The maximum Gasteiger partial charge on any atom is 0.142 e. The summed E-state index contributed by atoms with van der Waals surface area (Å²) in [6.45, 7) is 5.34. The molecule has 12 heavy (non-hydrogen) atoms. The Morgan fingerprint density at radius 3 is 2.75 bits per heavy atom. The molecule has 1 heterocycles. The molecule has 4 nitrogen and oxygen atoms in total. The molecular formula is C8H16N4. The van der Waals surface area contributed by atoms with Gasteiger partial charge in [-0.1, -0.05) is 13.8 Å². The van der Waals surface area contributed by atoms with E-state index in [2.05, 4.69) is 28.9 Å². The number of H-pyrrole nitrogens is 1. The van der Waals surface area contributed by atoms with Gasteiger partial charge in [-0.05, 0) is 5.92 Å². The summed E-state index contributed by atoms with van der Waals surface area (Å²) in [5.74, 6) is 1.27. The molecule has 0 saturated heterocycles. The second-order valence-electron chi connectivity index (χ2n) is 3.44. The first kappa shape index (κ1) is 8.90. The van der Waals surface area contributed by atoms with Crippen LogP contribution < -0.4 is 10.6 Å². The zero-order chi connectivity index (χ0) is 9.14. The normalized spacial score (nSPS) is 10.7. The zero-order valence-corrected chi connectivity index (χ0v) is 7.83. The number of hydrogen-bond acceptors (Lipinski definition) is 3. The molecule has 0 spiro atoms. The number of anilines is 2. The molecule has 0 aliphatic heterocycles. The van der Waals surface area contributed by atoms with Crippen LogP contribution in [0.25, 0.3) is 0 Å². The van der Waals surface area contributed by atoms with Gasteiger partial charge in [-0.15, -0.1) is 0 Å². The van der Waals surface area contributed by atoms with E-state index in [1.54, 1.807) is 6.20 Å². The highest BCUT2D eigenvalue weighted by Gasteiger charge is 2.07. The topological polar surface area (TPSA) is 57.9 Å². The van der Waals surface area contributed by atoms with Crippen molar-refractivity contribution >= 4 is 11.5 Å². The Morgan fingerprint density at radius 1 is 1.67 bits per heavy atom. The molecule has 0 fully saturated rings. The van der Waals surface area contributed by atoms with Crippen molar-refractivity contribution in [3.8, 4) is 0 Å². The zero-order valence-electron chi connectivity index (χ0n) is 7.83. The largest absolute Gasteiger partial charge is 0.382 e. The molecular weight excluding hydrogens is 152 g/mol. The van der Waals surface area contributed by atoms with Crippen LogP contribution in [0, 0.1) is 5.92 Å². The Balaban J connectivity index is 2.65. The summed E-state index contributed by atoms with van der Waals surface area (Å²) in [7, 11) is 2.02. The van der Waals surface area contributed by atoms with Crippen molar-refractivity contribution in [2.24, 2.45) is 5.92 Å². The van der Waals surface area contributed by atoms with Crippen molar-refractivity contribution in [3.05, 3.63) is 6.20 Å². The first-order chi connectivity index (χ1) is 5.61. The highest BCUT2D eigenvalue weighted by atomic mass is 15.2. The van der Waals surface area contributed by atoms with Crippen molar-refractivity contribution in [2.75, 3.05) is 24.2 Å². The summed E-state index contributed by atoms with van der Waals surface area (Å²) in [6, 6.07) is 0. The molecule has 0 aliphatic carbocycles. The lowest BCUT2D eigenvalue weighted by atomic mass is 10.2. The number of nitrogens with zero attached hydrogens (tertiary/aromatic N) is 2. The van der Waals surface area contributed by atoms with Crippen molar-refractivity contribution in [1.29, 1.82) is 0 Å². The third kappa shape index (κ3) is 1.90. The van der Waals surface area contributed by atoms with Gasteiger partial charge in [0.2, 0.25) is 0 Å². The van der Waals surface area contributed by atoms with Gasteiger partial charge in [0.1, 0.15) is 5.82 Å². The lowest BCUT2D eigenvalue weighted by molar-refractivity contribution is 0.639. The Bertz CT molecular complexity index is 241. The Kier molecular flexibility index (Phi) is 2.58. The van der Waals surface area contributed by atoms with Gasteiger partial charge in [0.15, 0.2) is 0 Å². The third-order valence-corrected chi connectivity index (χ3v) is 1.70. The highest BCUT2D eigenvalue weighted by molar-refractivity contribution is 5.61. The standard InChI is InChI=1S/C8H16N4/c1-6(2)5-12(3)7-4-10-11-8(7)9/h4,6H,5H2,1-3H3,(H3,9,10,11). The van der Waals surface area contributed by atoms with Crippen LogP contribution in [-0.2, 0) is 0 Å². The fraction of sp³-hybridized carbons (Fsp3) is 0.625. The van der Waals surface area contributed by atoms with Gasteiger partial charge < -0.3 is 10.6 Å². The molecule has 0 aromatic carbocycles. The second kappa shape index (κ2) is 3.47. The van der Waals surface area contributed by atoms with E-state index in [9.17, 15) is 0 Å². The maximum absolute atomic E-state index is 5.66. The van der Waals surface area contributed by atoms with E-state index in [0.29, 0.717) is 11.7 Å². The highest BCUT2D eigenvalue weighted by Crippen LogP contribution is 2.18. The number of nitrogen functional groups attached to an aromatic ring is 1. The fourth-order valence-corrected chi connectivity index (χ4v) is 1.24. The van der Waals surface area contributed by atoms with Gasteiger partial charge in [0, 0.05) is 13.6 Å². The number of nitrogens with two attached hydrogens (primary N) is 1. The lowest BCUT2D eigenvalue weighted by Gasteiger charge is -2.19. The van der Waals surface area contributed by atoms with Gasteiger partial charge in [-0.25, -0.2) is 0 Å². The van der Waals surface area contributed by atoms with E-state index >= 15 is 0 Å². The van der Waals surface area contributed by atoms with Crippen LogP contribution in [0.15, 0.2) is 6.20 Å². The van der Waals surface area contributed by atoms with Crippen LogP contribution in [0.2, 0.25) is 0 Å². The summed E-state index contributed by atoms with van der Waals surface area (Å²) in [4.78, 5) is 2.10. The van der Waals surface area contributed by atoms with E-state index in [1.165, 1.54) is 0 Å². The number of nitrogens with one attached hydrogen (secondary N) is 1. The SMILES string of the molecule is CC(C)CN(C)c1cn[nH]c1N. The number of aromatic amines is 1. The Morgan fingerprint density at radius 2 is 2.33 bits per heavy atom. The smallest absolute Gasteiger partial charge is 0.142 e. The predicted octanol–water partition coefficient (Wildman–Crippen LogP) is 1.08. The van der Waals surface area contributed by atoms with Gasteiger partial charge >= 0.3 is 0 Å². The quantitative estimate of drug-likeness (QED) is 0.710. The molecule has 4 heteroatoms. The predicted molar refractivity (Wildman–Crippen MR) is 51.1 cm³/mol. The van der Waals surface area contributed by atoms with E-state index in [-0.39, 0.29) is 0 Å². The molecule has 3 N–H and O–H groups in total. The summed E-state index contributed by atoms with van der Waals surface area (Å²) in [5, 5.41) is 6.57. The van der Waals surface area contributed by atoms with Crippen LogP contribution in [0.4, 0.5) is 11.5 Å². The van der Waals surface area contributed by atoms with Crippen LogP contribution in [0.3, 0.4) is 0 Å². The van der Waals surface area contributed by atoms with E-state index in [0.717, 1.165) is 12.2 Å². The average Bonchev–Trinajstić information content (AvgIpc) is 2.33. The molecule has 0 radical (unpaired) electrons. The molecule has 0 bridgehead atoms. The molecule has 0 saturated carbocycles. The monoisotopic (exact) mass is 168 g/mol. The number of hydrogen-bond donors (Lipinski definition) is 2. The molecule has 68 valence electrons. The molecule has 1 aromatic rings. The molecule has 1 rings (SSSR count). The molecule has 0 atom stereocenters. The first-order valence-corrected chi connectivity index (χ1v) is 4.11. The van der Waals surface area contributed by atoms with Crippen molar-refractivity contribution in [3.63, 3.8) is 0 Å². The molecule has 0 unspecified atom stereocenters. The van der Waals surface area contributed by atoms with E-state index in [4.69, 9.17) is 5.73 Å². The summed E-state index contributed by atoms with van der Waals surface area (Å²) in [5.41, 5.74) is 6.63. The van der Waals surface area contributed by atoms with Crippen molar-refractivity contribution in [1.82, 2.24) is 10.2 Å². The van der Waals surface area contributed by atoms with Crippen molar-refractivity contribution < 1.29 is 0 Å². The van der Waals surface area contributed by atoms with Crippen LogP contribution in [0.1, 0.15) is 13.8 Å². The summed E-state index contributed by atoms with van der Waals surface area (Å²) in [6.07, 6.45) is 1.75. The van der Waals surface area contributed by atoms with Crippen LogP contribution >= 0.6 is 0 Å². The van der Waals surface area contributed by atoms with Crippen LogP contribution in [0.5, 0.6) is 0 Å². The number of rotatable bonds is 3. The van der Waals surface area contributed by atoms with Crippen molar-refractivity contribution in [2.45, 2.75) is 13.8 Å². The number of aromatic nitrogens is 2. The summed E-state index contributed by atoms with van der Waals surface area (Å²) >= 11 is 0. The maximum atomic E-state index is 5.66. The van der Waals surface area contributed by atoms with Gasteiger partial charge in [0.05, 0.1) is 11.9 Å². The van der Waals surface area contributed by atoms with E-state index < -0.39 is 0 Å². The van der Waals surface area contributed by atoms with Gasteiger partial charge in [-0.2, -0.15) is 5.10 Å². The second-order valence-corrected chi connectivity index (χ2v) is 3.44. The molecule has 0 aliphatic rings. The summed E-state index contributed by atoms with van der Waals surface area (Å²) < 4.78 is 0. The fourth-order valence-electron chi connectivity index (χ4n) is 1.24.